The number of amides is 1. The monoisotopic (exact) mass is 299 g/mol. The van der Waals surface area contributed by atoms with Crippen LogP contribution in [0.5, 0.6) is 0 Å². The van der Waals surface area contributed by atoms with E-state index in [0.29, 0.717) is 11.7 Å². The second-order valence-corrected chi connectivity index (χ2v) is 7.43. The first-order valence-electron chi connectivity index (χ1n) is 6.81. The van der Waals surface area contributed by atoms with E-state index in [0.717, 1.165) is 32.2 Å². The Balaban J connectivity index is 1.98. The van der Waals surface area contributed by atoms with E-state index >= 15 is 0 Å². The van der Waals surface area contributed by atoms with Gasteiger partial charge in [0.1, 0.15) is 15.5 Å². The van der Waals surface area contributed by atoms with Crippen LogP contribution >= 0.6 is 0 Å². The summed E-state index contributed by atoms with van der Waals surface area (Å²) in [5.41, 5.74) is 0.602. The Morgan fingerprint density at radius 2 is 2.15 bits per heavy atom. The highest BCUT2D eigenvalue weighted by Crippen LogP contribution is 2.21. The van der Waals surface area contributed by atoms with Gasteiger partial charge in [0.05, 0.1) is 5.75 Å². The SMILES string of the molecule is CS(=O)(=O)CCNC(=O)c1cccn1C1CCNCC1. The lowest BCUT2D eigenvalue weighted by Crippen LogP contribution is -2.33. The van der Waals surface area contributed by atoms with E-state index in [9.17, 15) is 13.2 Å². The number of carbonyl (C=O) groups excluding carboxylic acids is 1. The van der Waals surface area contributed by atoms with E-state index < -0.39 is 9.84 Å². The summed E-state index contributed by atoms with van der Waals surface area (Å²) in [7, 11) is -3.05. The molecule has 0 atom stereocenters. The van der Waals surface area contributed by atoms with Crippen molar-refractivity contribution in [1.29, 1.82) is 0 Å². The molecule has 0 aliphatic carbocycles. The van der Waals surface area contributed by atoms with Gasteiger partial charge >= 0.3 is 0 Å². The van der Waals surface area contributed by atoms with E-state index in [1.54, 1.807) is 6.07 Å². The fraction of sp³-hybridized carbons (Fsp3) is 0.615. The first-order chi connectivity index (χ1) is 9.47. The second-order valence-electron chi connectivity index (χ2n) is 5.17. The summed E-state index contributed by atoms with van der Waals surface area (Å²) in [6, 6.07) is 3.97. The molecule has 0 radical (unpaired) electrons. The summed E-state index contributed by atoms with van der Waals surface area (Å²) in [6.45, 7) is 2.06. The van der Waals surface area contributed by atoms with E-state index in [4.69, 9.17) is 0 Å². The van der Waals surface area contributed by atoms with Gasteiger partial charge in [-0.1, -0.05) is 0 Å². The van der Waals surface area contributed by atoms with Crippen LogP contribution in [0.3, 0.4) is 0 Å². The number of hydrogen-bond acceptors (Lipinski definition) is 4. The average Bonchev–Trinajstić information content (AvgIpc) is 2.87. The Hall–Kier alpha value is -1.34. The van der Waals surface area contributed by atoms with Crippen molar-refractivity contribution in [3.63, 3.8) is 0 Å². The van der Waals surface area contributed by atoms with E-state index in [-0.39, 0.29) is 18.2 Å². The van der Waals surface area contributed by atoms with Gasteiger partial charge in [0.25, 0.3) is 5.91 Å². The molecule has 0 bridgehead atoms. The predicted molar refractivity (Wildman–Crippen MR) is 77.6 cm³/mol. The molecule has 0 aromatic carbocycles. The van der Waals surface area contributed by atoms with Crippen molar-refractivity contribution in [2.75, 3.05) is 31.6 Å². The van der Waals surface area contributed by atoms with Gasteiger partial charge in [-0.25, -0.2) is 8.42 Å². The van der Waals surface area contributed by atoms with Gasteiger partial charge in [-0.05, 0) is 38.1 Å². The highest BCUT2D eigenvalue weighted by molar-refractivity contribution is 7.90. The molecule has 2 heterocycles. The fourth-order valence-electron chi connectivity index (χ4n) is 2.43. The molecule has 7 heteroatoms. The zero-order chi connectivity index (χ0) is 14.6. The number of hydrogen-bond donors (Lipinski definition) is 2. The molecule has 2 rings (SSSR count). The minimum atomic E-state index is -3.05. The minimum absolute atomic E-state index is 0.0349. The molecule has 0 unspecified atom stereocenters. The van der Waals surface area contributed by atoms with Gasteiger partial charge in [-0.15, -0.1) is 0 Å². The second kappa shape index (κ2) is 6.41. The maximum atomic E-state index is 12.1. The van der Waals surface area contributed by atoms with Crippen molar-refractivity contribution in [3.05, 3.63) is 24.0 Å². The summed E-state index contributed by atoms with van der Waals surface area (Å²) < 4.78 is 24.1. The molecule has 1 fully saturated rings. The number of aromatic nitrogens is 1. The lowest BCUT2D eigenvalue weighted by molar-refractivity contribution is 0.0943. The Morgan fingerprint density at radius 3 is 2.80 bits per heavy atom. The maximum Gasteiger partial charge on any atom is 0.267 e. The largest absolute Gasteiger partial charge is 0.350 e. The molecular weight excluding hydrogens is 278 g/mol. The molecular formula is C13H21N3O3S. The van der Waals surface area contributed by atoms with Crippen molar-refractivity contribution in [2.24, 2.45) is 0 Å². The lowest BCUT2D eigenvalue weighted by atomic mass is 10.1. The van der Waals surface area contributed by atoms with E-state index in [2.05, 4.69) is 10.6 Å². The number of sulfone groups is 1. The zero-order valence-corrected chi connectivity index (χ0v) is 12.4. The molecule has 6 nitrogen and oxygen atoms in total. The molecule has 0 saturated carbocycles. The molecule has 1 aromatic rings. The predicted octanol–water partition coefficient (Wildman–Crippen LogP) is 0.187. The van der Waals surface area contributed by atoms with Crippen LogP contribution in [0.4, 0.5) is 0 Å². The van der Waals surface area contributed by atoms with Crippen molar-refractivity contribution >= 4 is 15.7 Å². The van der Waals surface area contributed by atoms with Crippen LogP contribution in [0, 0.1) is 0 Å². The molecule has 2 N–H and O–H groups in total. The van der Waals surface area contributed by atoms with Gasteiger partial charge < -0.3 is 15.2 Å². The molecule has 1 aromatic heterocycles. The first kappa shape index (κ1) is 15.1. The Labute approximate surface area is 119 Å². The number of nitrogens with one attached hydrogen (secondary N) is 2. The van der Waals surface area contributed by atoms with Crippen molar-refractivity contribution in [1.82, 2.24) is 15.2 Å². The Morgan fingerprint density at radius 1 is 1.45 bits per heavy atom. The summed E-state index contributed by atoms with van der Waals surface area (Å²) in [6.07, 6.45) is 5.08. The highest BCUT2D eigenvalue weighted by Gasteiger charge is 2.19. The smallest absolute Gasteiger partial charge is 0.267 e. The van der Waals surface area contributed by atoms with Crippen LogP contribution in [0.25, 0.3) is 0 Å². The number of piperidine rings is 1. The topological polar surface area (TPSA) is 80.2 Å². The van der Waals surface area contributed by atoms with Crippen LogP contribution in [0.15, 0.2) is 18.3 Å². The van der Waals surface area contributed by atoms with Crippen molar-refractivity contribution in [2.45, 2.75) is 18.9 Å². The standard InChI is InChI=1S/C13H21N3O3S/c1-20(18,19)10-8-15-13(17)12-3-2-9-16(12)11-4-6-14-7-5-11/h2-3,9,11,14H,4-8,10H2,1H3,(H,15,17). The molecule has 1 amide bonds. The number of rotatable bonds is 5. The van der Waals surface area contributed by atoms with Gasteiger partial charge in [0.2, 0.25) is 0 Å². The summed E-state index contributed by atoms with van der Waals surface area (Å²) in [4.78, 5) is 12.1. The van der Waals surface area contributed by atoms with Crippen LogP contribution < -0.4 is 10.6 Å². The molecule has 1 aliphatic heterocycles. The third-order valence-electron chi connectivity index (χ3n) is 3.47. The first-order valence-corrected chi connectivity index (χ1v) is 8.87. The van der Waals surface area contributed by atoms with Crippen LogP contribution in [-0.2, 0) is 9.84 Å². The van der Waals surface area contributed by atoms with Crippen molar-refractivity contribution < 1.29 is 13.2 Å². The Bertz CT molecular complexity index is 559. The maximum absolute atomic E-state index is 12.1. The van der Waals surface area contributed by atoms with Crippen LogP contribution in [0.1, 0.15) is 29.4 Å². The summed E-state index contributed by atoms with van der Waals surface area (Å²) in [5.74, 6) is -0.246. The number of nitrogens with zero attached hydrogens (tertiary/aromatic N) is 1. The molecule has 20 heavy (non-hydrogen) atoms. The normalized spacial score (nSPS) is 17.1. The molecule has 1 aliphatic rings. The lowest BCUT2D eigenvalue weighted by Gasteiger charge is -2.25. The third kappa shape index (κ3) is 4.08. The van der Waals surface area contributed by atoms with Gasteiger partial charge in [0.15, 0.2) is 0 Å². The molecule has 1 saturated heterocycles. The van der Waals surface area contributed by atoms with Gasteiger partial charge in [-0.2, -0.15) is 0 Å². The minimum Gasteiger partial charge on any atom is -0.350 e. The zero-order valence-electron chi connectivity index (χ0n) is 11.6. The third-order valence-corrected chi connectivity index (χ3v) is 4.42. The molecule has 0 spiro atoms. The highest BCUT2D eigenvalue weighted by atomic mass is 32.2. The summed E-state index contributed by atoms with van der Waals surface area (Å²) >= 11 is 0. The fourth-order valence-corrected chi connectivity index (χ4v) is 2.90. The van der Waals surface area contributed by atoms with Gasteiger partial charge in [0, 0.05) is 25.0 Å². The van der Waals surface area contributed by atoms with E-state index in [1.807, 2.05) is 16.8 Å². The van der Waals surface area contributed by atoms with Gasteiger partial charge in [-0.3, -0.25) is 4.79 Å². The average molecular weight is 299 g/mol. The number of carbonyl (C=O) groups is 1. The van der Waals surface area contributed by atoms with Crippen LogP contribution in [-0.4, -0.2) is 50.5 Å². The quantitative estimate of drug-likeness (QED) is 0.813. The summed E-state index contributed by atoms with van der Waals surface area (Å²) in [5, 5.41) is 5.96. The molecule has 112 valence electrons. The van der Waals surface area contributed by atoms with Crippen molar-refractivity contribution in [3.8, 4) is 0 Å². The Kier molecular flexibility index (Phi) is 4.82. The van der Waals surface area contributed by atoms with E-state index in [1.165, 1.54) is 0 Å². The van der Waals surface area contributed by atoms with Crippen LogP contribution in [0.2, 0.25) is 0 Å².